The number of aromatic nitrogens is 1. The van der Waals surface area contributed by atoms with Gasteiger partial charge in [-0.1, -0.05) is 0 Å². The fraction of sp³-hybridized carbons (Fsp3) is 0.111. The maximum absolute atomic E-state index is 13.8. The molecule has 0 unspecified atom stereocenters. The molecule has 8 heteroatoms. The van der Waals surface area contributed by atoms with E-state index in [9.17, 15) is 13.6 Å². The van der Waals surface area contributed by atoms with E-state index in [4.69, 9.17) is 9.47 Å². The van der Waals surface area contributed by atoms with Crippen LogP contribution in [0.4, 0.5) is 13.9 Å². The number of hydrogen-bond donors (Lipinski definition) is 1. The molecule has 0 saturated carbocycles. The topological polar surface area (TPSA) is 60.5 Å². The van der Waals surface area contributed by atoms with Crippen LogP contribution >= 0.6 is 11.3 Å². The molecule has 0 radical (unpaired) electrons. The van der Waals surface area contributed by atoms with Crippen LogP contribution in [0.2, 0.25) is 0 Å². The Hall–Kier alpha value is -3.00. The molecule has 0 aliphatic rings. The summed E-state index contributed by atoms with van der Waals surface area (Å²) in [4.78, 5) is 16.2. The second-order valence-electron chi connectivity index (χ2n) is 5.18. The molecular weight excluding hydrogens is 362 g/mol. The van der Waals surface area contributed by atoms with E-state index in [1.54, 1.807) is 11.4 Å². The Kier molecular flexibility index (Phi) is 5.43. The highest BCUT2D eigenvalue weighted by molar-refractivity contribution is 7.14. The second-order valence-corrected chi connectivity index (χ2v) is 6.04. The lowest BCUT2D eigenvalue weighted by Crippen LogP contribution is -2.20. The van der Waals surface area contributed by atoms with Crippen LogP contribution in [0.1, 0.15) is 0 Å². The number of rotatable bonds is 6. The van der Waals surface area contributed by atoms with Gasteiger partial charge in [-0.2, -0.15) is 0 Å². The van der Waals surface area contributed by atoms with Crippen LogP contribution in [-0.2, 0) is 4.79 Å². The van der Waals surface area contributed by atoms with E-state index >= 15 is 0 Å². The summed E-state index contributed by atoms with van der Waals surface area (Å²) in [6.45, 7) is -0.238. The number of ether oxygens (including phenoxy) is 2. The van der Waals surface area contributed by atoms with E-state index in [-0.39, 0.29) is 18.2 Å². The quantitative estimate of drug-likeness (QED) is 0.703. The Morgan fingerprint density at radius 3 is 2.65 bits per heavy atom. The Balaban J connectivity index is 1.60. The number of carbonyl (C=O) groups excluding carboxylic acids is 1. The zero-order valence-electron chi connectivity index (χ0n) is 13.7. The molecular formula is C18H14F2N2O3S. The number of halogens is 2. The third-order valence-corrected chi connectivity index (χ3v) is 4.14. The van der Waals surface area contributed by atoms with E-state index in [0.29, 0.717) is 22.1 Å². The van der Waals surface area contributed by atoms with E-state index in [1.165, 1.54) is 54.8 Å². The Morgan fingerprint density at radius 2 is 1.96 bits per heavy atom. The smallest absolute Gasteiger partial charge is 0.264 e. The molecule has 0 saturated heterocycles. The predicted octanol–water partition coefficient (Wildman–Crippen LogP) is 4.11. The molecule has 0 aliphatic carbocycles. The molecule has 0 aliphatic heterocycles. The number of carbonyl (C=O) groups is 1. The van der Waals surface area contributed by atoms with Crippen molar-refractivity contribution >= 4 is 22.4 Å². The second kappa shape index (κ2) is 7.92. The van der Waals surface area contributed by atoms with E-state index in [1.807, 2.05) is 0 Å². The van der Waals surface area contributed by atoms with Gasteiger partial charge in [0.05, 0.1) is 12.8 Å². The standard InChI is InChI=1S/C18H14F2N2O3S/c1-24-16-7-2-11(8-14(16)20)15-10-26-18(21-15)22-17(23)9-25-13-5-3-12(19)4-6-13/h2-8,10H,9H2,1H3,(H,21,22,23). The molecule has 1 aromatic heterocycles. The van der Waals surface area contributed by atoms with Gasteiger partial charge in [-0.05, 0) is 42.5 Å². The Bertz CT molecular complexity index is 913. The van der Waals surface area contributed by atoms with Crippen molar-refractivity contribution in [2.24, 2.45) is 0 Å². The van der Waals surface area contributed by atoms with Crippen LogP contribution in [0, 0.1) is 11.6 Å². The largest absolute Gasteiger partial charge is 0.494 e. The van der Waals surface area contributed by atoms with Gasteiger partial charge in [-0.3, -0.25) is 10.1 Å². The molecule has 0 fully saturated rings. The van der Waals surface area contributed by atoms with Gasteiger partial charge in [0, 0.05) is 10.9 Å². The summed E-state index contributed by atoms with van der Waals surface area (Å²) >= 11 is 1.21. The first kappa shape index (κ1) is 17.8. The lowest BCUT2D eigenvalue weighted by Gasteiger charge is -2.05. The van der Waals surface area contributed by atoms with Crippen molar-refractivity contribution in [2.45, 2.75) is 0 Å². The van der Waals surface area contributed by atoms with E-state index in [2.05, 4.69) is 10.3 Å². The van der Waals surface area contributed by atoms with Gasteiger partial charge in [-0.15, -0.1) is 11.3 Å². The maximum atomic E-state index is 13.8. The number of anilines is 1. The van der Waals surface area contributed by atoms with Crippen molar-refractivity contribution in [1.82, 2.24) is 4.98 Å². The van der Waals surface area contributed by atoms with E-state index < -0.39 is 11.7 Å². The Labute approximate surface area is 152 Å². The molecule has 0 spiro atoms. The summed E-state index contributed by atoms with van der Waals surface area (Å²) in [5.74, 6) is -0.745. The molecule has 3 aromatic rings. The summed E-state index contributed by atoms with van der Waals surface area (Å²) in [5.41, 5.74) is 1.11. The zero-order valence-corrected chi connectivity index (χ0v) is 14.5. The Morgan fingerprint density at radius 1 is 1.19 bits per heavy atom. The maximum Gasteiger partial charge on any atom is 0.264 e. The first-order valence-electron chi connectivity index (χ1n) is 7.53. The third-order valence-electron chi connectivity index (χ3n) is 3.38. The molecule has 3 rings (SSSR count). The zero-order chi connectivity index (χ0) is 18.5. The summed E-state index contributed by atoms with van der Waals surface area (Å²) in [6, 6.07) is 9.86. The van der Waals surface area contributed by atoms with Crippen molar-refractivity contribution in [3.8, 4) is 22.8 Å². The summed E-state index contributed by atoms with van der Waals surface area (Å²) in [7, 11) is 1.39. The van der Waals surface area contributed by atoms with Gasteiger partial charge in [0.15, 0.2) is 23.3 Å². The van der Waals surface area contributed by atoms with Crippen LogP contribution in [0.3, 0.4) is 0 Å². The highest BCUT2D eigenvalue weighted by Gasteiger charge is 2.11. The van der Waals surface area contributed by atoms with Gasteiger partial charge in [0.25, 0.3) is 5.91 Å². The molecule has 0 bridgehead atoms. The first-order valence-corrected chi connectivity index (χ1v) is 8.41. The van der Waals surface area contributed by atoms with Crippen LogP contribution in [-0.4, -0.2) is 24.6 Å². The number of benzene rings is 2. The van der Waals surface area contributed by atoms with Gasteiger partial charge in [0.2, 0.25) is 0 Å². The van der Waals surface area contributed by atoms with Crippen molar-refractivity contribution in [3.63, 3.8) is 0 Å². The number of methoxy groups -OCH3 is 1. The monoisotopic (exact) mass is 376 g/mol. The van der Waals surface area contributed by atoms with E-state index in [0.717, 1.165) is 0 Å². The first-order chi connectivity index (χ1) is 12.5. The average molecular weight is 376 g/mol. The molecule has 1 N–H and O–H groups in total. The van der Waals surface area contributed by atoms with Gasteiger partial charge in [-0.25, -0.2) is 13.8 Å². The molecule has 1 amide bonds. The summed E-state index contributed by atoms with van der Waals surface area (Å²) in [6.07, 6.45) is 0. The highest BCUT2D eigenvalue weighted by atomic mass is 32.1. The predicted molar refractivity (Wildman–Crippen MR) is 94.6 cm³/mol. The van der Waals surface area contributed by atoms with Crippen molar-refractivity contribution < 1.29 is 23.0 Å². The van der Waals surface area contributed by atoms with Crippen LogP contribution < -0.4 is 14.8 Å². The summed E-state index contributed by atoms with van der Waals surface area (Å²) < 4.78 is 36.7. The number of thiazole rings is 1. The fourth-order valence-corrected chi connectivity index (χ4v) is 2.86. The fourth-order valence-electron chi connectivity index (χ4n) is 2.12. The normalized spacial score (nSPS) is 10.4. The highest BCUT2D eigenvalue weighted by Crippen LogP contribution is 2.28. The summed E-state index contributed by atoms with van der Waals surface area (Å²) in [5, 5.41) is 4.67. The minimum Gasteiger partial charge on any atom is -0.494 e. The van der Waals surface area contributed by atoms with Gasteiger partial charge >= 0.3 is 0 Å². The molecule has 134 valence electrons. The number of nitrogens with one attached hydrogen (secondary N) is 1. The molecule has 2 aromatic carbocycles. The minimum atomic E-state index is -0.490. The van der Waals surface area contributed by atoms with Crippen LogP contribution in [0.15, 0.2) is 47.8 Å². The number of hydrogen-bond acceptors (Lipinski definition) is 5. The van der Waals surface area contributed by atoms with Crippen LogP contribution in [0.25, 0.3) is 11.3 Å². The third kappa shape index (κ3) is 4.34. The minimum absolute atomic E-state index is 0.149. The van der Waals surface area contributed by atoms with Crippen LogP contribution in [0.5, 0.6) is 11.5 Å². The average Bonchev–Trinajstić information content (AvgIpc) is 3.09. The van der Waals surface area contributed by atoms with Gasteiger partial charge in [0.1, 0.15) is 11.6 Å². The molecule has 1 heterocycles. The number of nitrogens with zero attached hydrogens (tertiary/aromatic N) is 1. The molecule has 5 nitrogen and oxygen atoms in total. The molecule has 0 atom stereocenters. The van der Waals surface area contributed by atoms with Gasteiger partial charge < -0.3 is 9.47 Å². The number of amides is 1. The van der Waals surface area contributed by atoms with Crippen molar-refractivity contribution in [2.75, 3.05) is 19.0 Å². The van der Waals surface area contributed by atoms with Crippen molar-refractivity contribution in [1.29, 1.82) is 0 Å². The lowest BCUT2D eigenvalue weighted by molar-refractivity contribution is -0.118. The lowest BCUT2D eigenvalue weighted by atomic mass is 10.1. The molecule has 26 heavy (non-hydrogen) atoms. The SMILES string of the molecule is COc1ccc(-c2csc(NC(=O)COc3ccc(F)cc3)n2)cc1F. The van der Waals surface area contributed by atoms with Crippen molar-refractivity contribution in [3.05, 3.63) is 59.5 Å².